The van der Waals surface area contributed by atoms with E-state index in [-0.39, 0.29) is 0 Å². The van der Waals surface area contributed by atoms with Crippen molar-refractivity contribution in [3.05, 3.63) is 0 Å². The highest BCUT2D eigenvalue weighted by atomic mass is 15.1. The zero-order valence-electron chi connectivity index (χ0n) is 7.71. The molecule has 0 radical (unpaired) electrons. The van der Waals surface area contributed by atoms with E-state index in [0.717, 1.165) is 12.5 Å². The Labute approximate surface area is 69.8 Å². The van der Waals surface area contributed by atoms with Crippen LogP contribution < -0.4 is 5.73 Å². The summed E-state index contributed by atoms with van der Waals surface area (Å²) in [5.41, 5.74) is 5.76. The van der Waals surface area contributed by atoms with Crippen molar-refractivity contribution in [2.75, 3.05) is 13.6 Å². The second kappa shape index (κ2) is 4.07. The number of hydrogen-bond donors (Lipinski definition) is 1. The van der Waals surface area contributed by atoms with Gasteiger partial charge in [-0.1, -0.05) is 6.42 Å². The molecule has 1 rings (SSSR count). The lowest BCUT2D eigenvalue weighted by Gasteiger charge is -2.33. The molecule has 2 N–H and O–H groups in total. The normalized spacial score (nSPS) is 30.3. The van der Waals surface area contributed by atoms with Crippen LogP contribution in [0.5, 0.6) is 0 Å². The smallest absolute Gasteiger partial charge is 0.0107 e. The van der Waals surface area contributed by atoms with Gasteiger partial charge in [0, 0.05) is 12.1 Å². The van der Waals surface area contributed by atoms with Crippen LogP contribution >= 0.6 is 0 Å². The highest BCUT2D eigenvalue weighted by molar-refractivity contribution is 4.76. The second-order valence-electron chi connectivity index (χ2n) is 3.84. The first-order chi connectivity index (χ1) is 5.20. The van der Waals surface area contributed by atoms with E-state index in [9.17, 15) is 0 Å². The molecule has 2 nitrogen and oxygen atoms in total. The minimum Gasteiger partial charge on any atom is -0.328 e. The number of nitrogens with zero attached hydrogens (tertiary/aromatic N) is 1. The molecule has 1 aliphatic rings. The van der Waals surface area contributed by atoms with Gasteiger partial charge in [0.1, 0.15) is 0 Å². The Balaban J connectivity index is 2.29. The zero-order valence-corrected chi connectivity index (χ0v) is 7.71. The third-order valence-corrected chi connectivity index (χ3v) is 2.57. The topological polar surface area (TPSA) is 29.3 Å². The maximum atomic E-state index is 5.76. The Kier molecular flexibility index (Phi) is 3.34. The Morgan fingerprint density at radius 3 is 2.82 bits per heavy atom. The molecule has 0 aliphatic carbocycles. The van der Waals surface area contributed by atoms with Gasteiger partial charge in [-0.05, 0) is 39.8 Å². The maximum Gasteiger partial charge on any atom is 0.0107 e. The standard InChI is InChI=1S/C9H20N2/c1-8(10)7-9-5-3-4-6-11(9)2/h8-9H,3-7,10H2,1-2H3/t8?,9-/m0/s1. The number of piperidine rings is 1. The van der Waals surface area contributed by atoms with Gasteiger partial charge in [-0.3, -0.25) is 0 Å². The zero-order chi connectivity index (χ0) is 8.27. The summed E-state index contributed by atoms with van der Waals surface area (Å²) < 4.78 is 0. The van der Waals surface area contributed by atoms with E-state index in [2.05, 4.69) is 18.9 Å². The van der Waals surface area contributed by atoms with Crippen LogP contribution in [0.25, 0.3) is 0 Å². The number of hydrogen-bond acceptors (Lipinski definition) is 2. The summed E-state index contributed by atoms with van der Waals surface area (Å²) in [6, 6.07) is 1.12. The number of likely N-dealkylation sites (tertiary alicyclic amines) is 1. The molecule has 1 aliphatic heterocycles. The van der Waals surface area contributed by atoms with Crippen LogP contribution in [-0.4, -0.2) is 30.6 Å². The molecule has 2 heteroatoms. The monoisotopic (exact) mass is 156 g/mol. The van der Waals surface area contributed by atoms with E-state index < -0.39 is 0 Å². The first-order valence-corrected chi connectivity index (χ1v) is 4.66. The third-order valence-electron chi connectivity index (χ3n) is 2.57. The van der Waals surface area contributed by atoms with Gasteiger partial charge in [-0.15, -0.1) is 0 Å². The lowest BCUT2D eigenvalue weighted by molar-refractivity contribution is 0.170. The lowest BCUT2D eigenvalue weighted by Crippen LogP contribution is -2.39. The molecule has 0 aromatic heterocycles. The van der Waals surface area contributed by atoms with E-state index >= 15 is 0 Å². The van der Waals surface area contributed by atoms with Gasteiger partial charge < -0.3 is 10.6 Å². The molecular weight excluding hydrogens is 136 g/mol. The Morgan fingerprint density at radius 1 is 1.55 bits per heavy atom. The van der Waals surface area contributed by atoms with Gasteiger partial charge in [-0.2, -0.15) is 0 Å². The van der Waals surface area contributed by atoms with E-state index in [4.69, 9.17) is 5.73 Å². The molecule has 1 heterocycles. The average molecular weight is 156 g/mol. The van der Waals surface area contributed by atoms with Crippen molar-refractivity contribution in [1.29, 1.82) is 0 Å². The third kappa shape index (κ3) is 2.80. The Bertz CT molecular complexity index is 112. The first-order valence-electron chi connectivity index (χ1n) is 4.66. The van der Waals surface area contributed by atoms with Crippen molar-refractivity contribution in [2.24, 2.45) is 5.73 Å². The predicted molar refractivity (Wildman–Crippen MR) is 48.5 cm³/mol. The van der Waals surface area contributed by atoms with Gasteiger partial charge in [0.2, 0.25) is 0 Å². The van der Waals surface area contributed by atoms with Crippen molar-refractivity contribution in [3.8, 4) is 0 Å². The molecule has 1 unspecified atom stereocenters. The largest absolute Gasteiger partial charge is 0.328 e. The summed E-state index contributed by atoms with van der Waals surface area (Å²) in [6.45, 7) is 3.36. The Hall–Kier alpha value is -0.0800. The fraction of sp³-hybridized carbons (Fsp3) is 1.00. The molecule has 0 saturated carbocycles. The van der Waals surface area contributed by atoms with E-state index in [0.29, 0.717) is 6.04 Å². The van der Waals surface area contributed by atoms with E-state index in [1.165, 1.54) is 25.8 Å². The van der Waals surface area contributed by atoms with Crippen molar-refractivity contribution in [3.63, 3.8) is 0 Å². The minimum atomic E-state index is 0.362. The minimum absolute atomic E-state index is 0.362. The molecule has 11 heavy (non-hydrogen) atoms. The summed E-state index contributed by atoms with van der Waals surface area (Å²) in [5.74, 6) is 0. The molecule has 66 valence electrons. The highest BCUT2D eigenvalue weighted by Gasteiger charge is 2.19. The number of nitrogens with two attached hydrogens (primary N) is 1. The van der Waals surface area contributed by atoms with Crippen molar-refractivity contribution >= 4 is 0 Å². The van der Waals surface area contributed by atoms with E-state index in [1.807, 2.05) is 0 Å². The summed E-state index contributed by atoms with van der Waals surface area (Å²) in [6.07, 6.45) is 5.27. The second-order valence-corrected chi connectivity index (χ2v) is 3.84. The Morgan fingerprint density at radius 2 is 2.27 bits per heavy atom. The molecular formula is C9H20N2. The van der Waals surface area contributed by atoms with Gasteiger partial charge in [0.25, 0.3) is 0 Å². The van der Waals surface area contributed by atoms with Crippen LogP contribution in [0.1, 0.15) is 32.6 Å². The van der Waals surface area contributed by atoms with Gasteiger partial charge in [0.15, 0.2) is 0 Å². The van der Waals surface area contributed by atoms with E-state index in [1.54, 1.807) is 0 Å². The van der Waals surface area contributed by atoms with Crippen molar-refractivity contribution < 1.29 is 0 Å². The summed E-state index contributed by atoms with van der Waals surface area (Å²) in [7, 11) is 2.21. The molecule has 0 amide bonds. The molecule has 0 aromatic rings. The van der Waals surface area contributed by atoms with Gasteiger partial charge in [0.05, 0.1) is 0 Å². The quantitative estimate of drug-likeness (QED) is 0.651. The molecule has 0 spiro atoms. The van der Waals surface area contributed by atoms with Crippen LogP contribution in [0.2, 0.25) is 0 Å². The fourth-order valence-corrected chi connectivity index (χ4v) is 1.87. The molecule has 0 aromatic carbocycles. The number of rotatable bonds is 2. The summed E-state index contributed by atoms with van der Waals surface area (Å²) in [5, 5.41) is 0. The van der Waals surface area contributed by atoms with Crippen molar-refractivity contribution in [2.45, 2.75) is 44.7 Å². The maximum absolute atomic E-state index is 5.76. The SMILES string of the molecule is CC(N)C[C@@H]1CCCCN1C. The highest BCUT2D eigenvalue weighted by Crippen LogP contribution is 2.18. The van der Waals surface area contributed by atoms with Crippen LogP contribution in [0.4, 0.5) is 0 Å². The molecule has 1 saturated heterocycles. The van der Waals surface area contributed by atoms with Crippen LogP contribution in [-0.2, 0) is 0 Å². The van der Waals surface area contributed by atoms with Crippen LogP contribution in [0, 0.1) is 0 Å². The predicted octanol–water partition coefficient (Wildman–Crippen LogP) is 1.21. The van der Waals surface area contributed by atoms with Crippen LogP contribution in [0.15, 0.2) is 0 Å². The summed E-state index contributed by atoms with van der Waals surface area (Å²) in [4.78, 5) is 2.45. The molecule has 2 atom stereocenters. The first kappa shape index (κ1) is 9.01. The van der Waals surface area contributed by atoms with Gasteiger partial charge in [-0.25, -0.2) is 0 Å². The molecule has 1 fully saturated rings. The summed E-state index contributed by atoms with van der Waals surface area (Å²) >= 11 is 0. The molecule has 0 bridgehead atoms. The van der Waals surface area contributed by atoms with Crippen molar-refractivity contribution in [1.82, 2.24) is 4.90 Å². The lowest BCUT2D eigenvalue weighted by atomic mass is 9.97. The van der Waals surface area contributed by atoms with Gasteiger partial charge >= 0.3 is 0 Å². The fourth-order valence-electron chi connectivity index (χ4n) is 1.87. The average Bonchev–Trinajstić information content (AvgIpc) is 1.93. The van der Waals surface area contributed by atoms with Crippen LogP contribution in [0.3, 0.4) is 0 Å².